The first-order chi connectivity index (χ1) is 9.20. The van der Waals surface area contributed by atoms with E-state index in [1.54, 1.807) is 19.2 Å². The molecule has 0 aliphatic heterocycles. The summed E-state index contributed by atoms with van der Waals surface area (Å²) in [5.74, 6) is 1.17. The predicted molar refractivity (Wildman–Crippen MR) is 77.6 cm³/mol. The zero-order valence-electron chi connectivity index (χ0n) is 12.1. The number of phenolic OH excluding ortho intramolecular Hbond substituents is 1. The fraction of sp³-hybridized carbons (Fsp3) is 0.625. The number of methoxy groups -OCH3 is 1. The van der Waals surface area contributed by atoms with E-state index in [9.17, 15) is 5.11 Å². The first-order valence-corrected chi connectivity index (χ1v) is 7.27. The predicted octanol–water partition coefficient (Wildman–Crippen LogP) is 3.56. The third kappa shape index (κ3) is 3.87. The number of phenols is 1. The highest BCUT2D eigenvalue weighted by atomic mass is 16.5. The molecule has 1 fully saturated rings. The maximum absolute atomic E-state index is 9.95. The van der Waals surface area contributed by atoms with Crippen LogP contribution in [0.1, 0.15) is 44.1 Å². The number of hydrogen-bond donors (Lipinski definition) is 1. The van der Waals surface area contributed by atoms with Crippen molar-refractivity contribution in [2.24, 2.45) is 0 Å². The second-order valence-corrected chi connectivity index (χ2v) is 5.56. The van der Waals surface area contributed by atoms with Gasteiger partial charge in [-0.15, -0.1) is 0 Å². The lowest BCUT2D eigenvalue weighted by Gasteiger charge is -2.27. The van der Waals surface area contributed by atoms with Gasteiger partial charge in [-0.2, -0.15) is 0 Å². The first-order valence-electron chi connectivity index (χ1n) is 7.27. The molecular weight excluding hydrogens is 238 g/mol. The molecule has 0 saturated heterocycles. The Morgan fingerprint density at radius 2 is 1.89 bits per heavy atom. The molecule has 0 heterocycles. The van der Waals surface area contributed by atoms with Crippen molar-refractivity contribution in [2.75, 3.05) is 14.2 Å². The molecular formula is C16H25NO2. The van der Waals surface area contributed by atoms with Crippen LogP contribution in [-0.2, 0) is 6.54 Å². The van der Waals surface area contributed by atoms with E-state index in [2.05, 4.69) is 11.9 Å². The number of ether oxygens (including phenoxy) is 1. The lowest BCUT2D eigenvalue weighted by Crippen LogP contribution is -2.30. The Kier molecular flexibility index (Phi) is 5.08. The highest BCUT2D eigenvalue weighted by molar-refractivity contribution is 5.39. The monoisotopic (exact) mass is 263 g/mol. The Labute approximate surface area is 116 Å². The van der Waals surface area contributed by atoms with Crippen LogP contribution in [0.2, 0.25) is 0 Å². The Morgan fingerprint density at radius 1 is 1.21 bits per heavy atom. The van der Waals surface area contributed by atoms with Gasteiger partial charge in [0.25, 0.3) is 0 Å². The molecule has 0 atom stereocenters. The number of nitrogens with zero attached hydrogens (tertiary/aromatic N) is 1. The van der Waals surface area contributed by atoms with Gasteiger partial charge in [0, 0.05) is 18.2 Å². The summed E-state index contributed by atoms with van der Waals surface area (Å²) in [5, 5.41) is 9.95. The molecule has 1 aromatic rings. The molecule has 1 aliphatic carbocycles. The maximum Gasteiger partial charge on any atom is 0.120 e. The molecule has 1 aromatic carbocycles. The fourth-order valence-corrected chi connectivity index (χ4v) is 2.91. The van der Waals surface area contributed by atoms with E-state index in [4.69, 9.17) is 4.74 Å². The standard InChI is InChI=1S/C16H25NO2/c1-17(14-7-5-3-4-6-8-14)12-13-11-15(19-2)9-10-16(13)18/h9-11,14,18H,3-8,12H2,1-2H3. The minimum absolute atomic E-state index is 0.362. The molecule has 19 heavy (non-hydrogen) atoms. The fourth-order valence-electron chi connectivity index (χ4n) is 2.91. The van der Waals surface area contributed by atoms with Crippen LogP contribution in [0, 0.1) is 0 Å². The van der Waals surface area contributed by atoms with E-state index in [1.807, 2.05) is 6.07 Å². The average Bonchev–Trinajstić information content (AvgIpc) is 2.70. The summed E-state index contributed by atoms with van der Waals surface area (Å²) in [5.41, 5.74) is 0.950. The molecule has 0 amide bonds. The third-order valence-electron chi connectivity index (χ3n) is 4.15. The zero-order valence-corrected chi connectivity index (χ0v) is 12.1. The van der Waals surface area contributed by atoms with Gasteiger partial charge in [0.2, 0.25) is 0 Å². The molecule has 2 rings (SSSR count). The van der Waals surface area contributed by atoms with Crippen molar-refractivity contribution in [2.45, 2.75) is 51.1 Å². The minimum atomic E-state index is 0.362. The van der Waals surface area contributed by atoms with E-state index in [-0.39, 0.29) is 0 Å². The molecule has 0 spiro atoms. The molecule has 3 heteroatoms. The second kappa shape index (κ2) is 6.80. The summed E-state index contributed by atoms with van der Waals surface area (Å²) in [6, 6.07) is 6.09. The Balaban J connectivity index is 2.02. The van der Waals surface area contributed by atoms with Crippen LogP contribution in [0.3, 0.4) is 0 Å². The Bertz CT molecular complexity index is 398. The van der Waals surface area contributed by atoms with E-state index >= 15 is 0 Å². The third-order valence-corrected chi connectivity index (χ3v) is 4.15. The van der Waals surface area contributed by atoms with Gasteiger partial charge in [-0.3, -0.25) is 4.90 Å². The minimum Gasteiger partial charge on any atom is -0.508 e. The number of rotatable bonds is 4. The number of aromatic hydroxyl groups is 1. The highest BCUT2D eigenvalue weighted by Gasteiger charge is 2.18. The van der Waals surface area contributed by atoms with Gasteiger partial charge in [-0.25, -0.2) is 0 Å². The molecule has 1 N–H and O–H groups in total. The van der Waals surface area contributed by atoms with Crippen LogP contribution in [0.5, 0.6) is 11.5 Å². The quantitative estimate of drug-likeness (QED) is 0.843. The van der Waals surface area contributed by atoms with E-state index in [0.29, 0.717) is 11.8 Å². The second-order valence-electron chi connectivity index (χ2n) is 5.56. The SMILES string of the molecule is COc1ccc(O)c(CN(C)C2CCCCCC2)c1. The van der Waals surface area contributed by atoms with Crippen molar-refractivity contribution in [3.8, 4) is 11.5 Å². The van der Waals surface area contributed by atoms with Crippen LogP contribution in [0.4, 0.5) is 0 Å². The Morgan fingerprint density at radius 3 is 2.53 bits per heavy atom. The van der Waals surface area contributed by atoms with Gasteiger partial charge >= 0.3 is 0 Å². The van der Waals surface area contributed by atoms with E-state index in [1.165, 1.54) is 38.5 Å². The normalized spacial score (nSPS) is 17.4. The molecule has 1 aliphatic rings. The van der Waals surface area contributed by atoms with Gasteiger partial charge < -0.3 is 9.84 Å². The van der Waals surface area contributed by atoms with Gasteiger partial charge in [-0.1, -0.05) is 25.7 Å². The molecule has 1 saturated carbocycles. The number of hydrogen-bond acceptors (Lipinski definition) is 3. The van der Waals surface area contributed by atoms with Gasteiger partial charge in [-0.05, 0) is 38.1 Å². The molecule has 0 aromatic heterocycles. The van der Waals surface area contributed by atoms with Crippen LogP contribution >= 0.6 is 0 Å². The van der Waals surface area contributed by atoms with Gasteiger partial charge in [0.1, 0.15) is 11.5 Å². The topological polar surface area (TPSA) is 32.7 Å². The van der Waals surface area contributed by atoms with E-state index < -0.39 is 0 Å². The van der Waals surface area contributed by atoms with Crippen LogP contribution < -0.4 is 4.74 Å². The summed E-state index contributed by atoms with van der Waals surface area (Å²) in [6.07, 6.45) is 7.96. The zero-order chi connectivity index (χ0) is 13.7. The molecule has 0 unspecified atom stereocenters. The maximum atomic E-state index is 9.95. The van der Waals surface area contributed by atoms with Crippen LogP contribution in [0.25, 0.3) is 0 Å². The van der Waals surface area contributed by atoms with Crippen molar-refractivity contribution in [1.82, 2.24) is 4.90 Å². The van der Waals surface area contributed by atoms with Crippen molar-refractivity contribution in [3.63, 3.8) is 0 Å². The van der Waals surface area contributed by atoms with Crippen molar-refractivity contribution in [1.29, 1.82) is 0 Å². The summed E-state index contributed by atoms with van der Waals surface area (Å²) in [7, 11) is 3.82. The Hall–Kier alpha value is -1.22. The summed E-state index contributed by atoms with van der Waals surface area (Å²) in [4.78, 5) is 2.37. The molecule has 106 valence electrons. The summed E-state index contributed by atoms with van der Waals surface area (Å²) < 4.78 is 5.23. The average molecular weight is 263 g/mol. The van der Waals surface area contributed by atoms with Crippen molar-refractivity contribution < 1.29 is 9.84 Å². The molecule has 0 radical (unpaired) electrons. The largest absolute Gasteiger partial charge is 0.508 e. The van der Waals surface area contributed by atoms with Crippen molar-refractivity contribution >= 4 is 0 Å². The molecule has 0 bridgehead atoms. The smallest absolute Gasteiger partial charge is 0.120 e. The molecule has 3 nitrogen and oxygen atoms in total. The summed E-state index contributed by atoms with van der Waals surface area (Å²) in [6.45, 7) is 0.785. The number of benzene rings is 1. The summed E-state index contributed by atoms with van der Waals surface area (Å²) >= 11 is 0. The lowest BCUT2D eigenvalue weighted by atomic mass is 10.1. The van der Waals surface area contributed by atoms with Crippen LogP contribution in [-0.4, -0.2) is 30.2 Å². The lowest BCUT2D eigenvalue weighted by molar-refractivity contribution is 0.210. The van der Waals surface area contributed by atoms with E-state index in [0.717, 1.165) is 17.9 Å². The highest BCUT2D eigenvalue weighted by Crippen LogP contribution is 2.27. The van der Waals surface area contributed by atoms with Gasteiger partial charge in [0.15, 0.2) is 0 Å². The van der Waals surface area contributed by atoms with Crippen LogP contribution in [0.15, 0.2) is 18.2 Å². The van der Waals surface area contributed by atoms with Crippen molar-refractivity contribution in [3.05, 3.63) is 23.8 Å². The first kappa shape index (κ1) is 14.2. The van der Waals surface area contributed by atoms with Gasteiger partial charge in [0.05, 0.1) is 7.11 Å².